The van der Waals surface area contributed by atoms with Crippen LogP contribution in [0.2, 0.25) is 0 Å². The molecule has 2 saturated carbocycles. The van der Waals surface area contributed by atoms with Crippen molar-refractivity contribution < 1.29 is 19.4 Å². The highest BCUT2D eigenvalue weighted by Gasteiger charge is 2.73. The first kappa shape index (κ1) is 16.1. The van der Waals surface area contributed by atoms with Gasteiger partial charge in [-0.2, -0.15) is 10.1 Å². The second-order valence-corrected chi connectivity index (χ2v) is 8.36. The van der Waals surface area contributed by atoms with Crippen LogP contribution < -0.4 is 4.74 Å². The number of fused-ring (bicyclic) bond motifs is 3. The fraction of sp³-hybridized carbons (Fsp3) is 0.421. The number of amides is 2. The Morgan fingerprint density at radius 3 is 2.38 bits per heavy atom. The van der Waals surface area contributed by atoms with E-state index in [1.807, 2.05) is 0 Å². The van der Waals surface area contributed by atoms with Crippen LogP contribution in [0.15, 0.2) is 33.9 Å². The van der Waals surface area contributed by atoms with Crippen molar-refractivity contribution in [1.82, 2.24) is 5.01 Å². The van der Waals surface area contributed by atoms with E-state index >= 15 is 0 Å². The van der Waals surface area contributed by atoms with Crippen molar-refractivity contribution >= 4 is 34.0 Å². The summed E-state index contributed by atoms with van der Waals surface area (Å²) in [5.41, 5.74) is 0.801. The molecular formula is C19H17BrN2O4. The maximum atomic E-state index is 12.9. The highest BCUT2D eigenvalue weighted by molar-refractivity contribution is 9.10. The van der Waals surface area contributed by atoms with Crippen molar-refractivity contribution in [3.63, 3.8) is 0 Å². The Labute approximate surface area is 158 Å². The number of halogens is 1. The number of rotatable bonds is 3. The molecule has 1 aliphatic heterocycles. The molecule has 7 heteroatoms. The van der Waals surface area contributed by atoms with Crippen molar-refractivity contribution in [2.75, 3.05) is 7.11 Å². The topological polar surface area (TPSA) is 79.2 Å². The molecule has 6 nitrogen and oxygen atoms in total. The van der Waals surface area contributed by atoms with E-state index in [4.69, 9.17) is 4.74 Å². The third kappa shape index (κ3) is 1.89. The van der Waals surface area contributed by atoms with Gasteiger partial charge in [0.1, 0.15) is 0 Å². The molecule has 26 heavy (non-hydrogen) atoms. The Balaban J connectivity index is 1.43. The molecule has 2 amide bonds. The van der Waals surface area contributed by atoms with E-state index < -0.39 is 0 Å². The summed E-state index contributed by atoms with van der Waals surface area (Å²) in [5, 5.41) is 15.1. The molecule has 1 aromatic rings. The summed E-state index contributed by atoms with van der Waals surface area (Å²) in [4.78, 5) is 25.7. The van der Waals surface area contributed by atoms with Gasteiger partial charge >= 0.3 is 0 Å². The summed E-state index contributed by atoms with van der Waals surface area (Å²) in [6.07, 6.45) is 7.96. The minimum Gasteiger partial charge on any atom is -0.503 e. The summed E-state index contributed by atoms with van der Waals surface area (Å²) in [7, 11) is 1.45. The minimum absolute atomic E-state index is 0.00936. The number of allylic oxidation sites excluding steroid dienone is 2. The van der Waals surface area contributed by atoms with E-state index in [1.54, 1.807) is 12.1 Å². The second-order valence-electron chi connectivity index (χ2n) is 7.51. The van der Waals surface area contributed by atoms with Crippen LogP contribution in [-0.2, 0) is 9.59 Å². The van der Waals surface area contributed by atoms with Crippen LogP contribution in [-0.4, -0.2) is 35.3 Å². The Morgan fingerprint density at radius 1 is 1.23 bits per heavy atom. The normalized spacial score (nSPS) is 32.9. The van der Waals surface area contributed by atoms with Crippen molar-refractivity contribution in [2.45, 2.75) is 12.8 Å². The molecular weight excluding hydrogens is 400 g/mol. The summed E-state index contributed by atoms with van der Waals surface area (Å²) in [5.74, 6) is -0.224. The number of benzene rings is 1. The third-order valence-corrected chi connectivity index (χ3v) is 7.03. The lowest BCUT2D eigenvalue weighted by molar-refractivity contribution is -0.141. The van der Waals surface area contributed by atoms with Crippen LogP contribution in [0.25, 0.3) is 0 Å². The molecule has 1 aromatic carbocycles. The number of imide groups is 1. The number of aromatic hydroxyl groups is 1. The van der Waals surface area contributed by atoms with Gasteiger partial charge in [0.25, 0.3) is 11.8 Å². The minimum atomic E-state index is -0.252. The zero-order valence-electron chi connectivity index (χ0n) is 14.1. The van der Waals surface area contributed by atoms with E-state index in [-0.39, 0.29) is 52.4 Å². The Kier molecular flexibility index (Phi) is 3.20. The number of nitrogens with zero attached hydrogens (tertiary/aromatic N) is 2. The number of phenolic OH excluding ortho intramolecular Hbond substituents is 1. The summed E-state index contributed by atoms with van der Waals surface area (Å²) >= 11 is 3.25. The average Bonchev–Trinajstić information content (AvgIpc) is 3.23. The lowest BCUT2D eigenvalue weighted by Crippen LogP contribution is -2.30. The molecule has 0 unspecified atom stereocenters. The van der Waals surface area contributed by atoms with Crippen LogP contribution in [0.3, 0.4) is 0 Å². The number of methoxy groups -OCH3 is 1. The lowest BCUT2D eigenvalue weighted by atomic mass is 9.85. The quantitative estimate of drug-likeness (QED) is 0.466. The van der Waals surface area contributed by atoms with Crippen LogP contribution in [0.4, 0.5) is 0 Å². The average molecular weight is 417 g/mol. The number of hydrogen-bond acceptors (Lipinski definition) is 5. The summed E-state index contributed by atoms with van der Waals surface area (Å²) in [6, 6.07) is 3.25. The van der Waals surface area contributed by atoms with E-state index in [9.17, 15) is 14.7 Å². The summed E-state index contributed by atoms with van der Waals surface area (Å²) < 4.78 is 5.56. The van der Waals surface area contributed by atoms with Crippen molar-refractivity contribution in [2.24, 2.45) is 34.2 Å². The van der Waals surface area contributed by atoms with Gasteiger partial charge in [0.15, 0.2) is 11.5 Å². The largest absolute Gasteiger partial charge is 0.503 e. The van der Waals surface area contributed by atoms with Crippen LogP contribution in [0, 0.1) is 29.1 Å². The van der Waals surface area contributed by atoms with E-state index in [2.05, 4.69) is 33.2 Å². The first-order valence-electron chi connectivity index (χ1n) is 8.64. The molecule has 5 rings (SSSR count). The zero-order valence-corrected chi connectivity index (χ0v) is 15.6. The standard InChI is InChI=1S/C19H17BrN2O4/c1-26-13-7-9(6-12(20)16(13)23)8-21-22-17(24)14-10-2-3-11(15(14)18(22)25)19(10)4-5-19/h2-3,6-8,10-11,14-15,23H,4-5H2,1H3/b21-8-/t10-,11+,14-,15-/m0/s1. The number of hydrogen-bond donors (Lipinski definition) is 1. The molecule has 3 fully saturated rings. The highest BCUT2D eigenvalue weighted by atomic mass is 79.9. The maximum Gasteiger partial charge on any atom is 0.254 e. The van der Waals surface area contributed by atoms with Gasteiger partial charge < -0.3 is 9.84 Å². The molecule has 1 N–H and O–H groups in total. The Bertz CT molecular complexity index is 871. The number of hydrazone groups is 1. The molecule has 1 saturated heterocycles. The van der Waals surface area contributed by atoms with Gasteiger partial charge in [-0.3, -0.25) is 9.59 Å². The maximum absolute atomic E-state index is 12.9. The number of phenols is 1. The molecule has 4 aliphatic rings. The predicted octanol–water partition coefficient (Wildman–Crippen LogP) is 2.69. The number of carbonyl (C=O) groups excluding carboxylic acids is 2. The fourth-order valence-corrected chi connectivity index (χ4v) is 5.58. The molecule has 2 bridgehead atoms. The first-order valence-corrected chi connectivity index (χ1v) is 9.44. The van der Waals surface area contributed by atoms with Crippen molar-refractivity contribution in [3.8, 4) is 11.5 Å². The Morgan fingerprint density at radius 2 is 1.85 bits per heavy atom. The molecule has 0 radical (unpaired) electrons. The van der Waals surface area contributed by atoms with Gasteiger partial charge in [0.2, 0.25) is 0 Å². The molecule has 1 heterocycles. The van der Waals surface area contributed by atoms with Crippen LogP contribution in [0.1, 0.15) is 18.4 Å². The monoisotopic (exact) mass is 416 g/mol. The van der Waals surface area contributed by atoms with Crippen LogP contribution >= 0.6 is 15.9 Å². The second kappa shape index (κ2) is 5.19. The molecule has 134 valence electrons. The number of ether oxygens (including phenoxy) is 1. The molecule has 4 atom stereocenters. The molecule has 1 spiro atoms. The number of carbonyl (C=O) groups is 2. The van der Waals surface area contributed by atoms with Gasteiger partial charge in [-0.25, -0.2) is 0 Å². The highest BCUT2D eigenvalue weighted by Crippen LogP contribution is 2.73. The van der Waals surface area contributed by atoms with E-state index in [1.165, 1.54) is 13.3 Å². The van der Waals surface area contributed by atoms with E-state index in [0.29, 0.717) is 10.0 Å². The van der Waals surface area contributed by atoms with Crippen molar-refractivity contribution in [3.05, 3.63) is 34.3 Å². The van der Waals surface area contributed by atoms with Gasteiger partial charge in [-0.05, 0) is 63.7 Å². The molecule has 0 aromatic heterocycles. The summed E-state index contributed by atoms with van der Waals surface area (Å²) in [6.45, 7) is 0. The van der Waals surface area contributed by atoms with Gasteiger partial charge in [-0.1, -0.05) is 12.2 Å². The van der Waals surface area contributed by atoms with Gasteiger partial charge in [-0.15, -0.1) is 0 Å². The smallest absolute Gasteiger partial charge is 0.254 e. The lowest BCUT2D eigenvalue weighted by Gasteiger charge is -2.18. The van der Waals surface area contributed by atoms with Crippen LogP contribution in [0.5, 0.6) is 11.5 Å². The zero-order chi connectivity index (χ0) is 18.2. The van der Waals surface area contributed by atoms with Gasteiger partial charge in [0, 0.05) is 0 Å². The SMILES string of the molecule is COc1cc(/C=N\N2C(=O)[C@@H]3[C@@H](C2=O)[C@@H]2C=C[C@H]3C23CC3)cc(Br)c1O. The van der Waals surface area contributed by atoms with E-state index in [0.717, 1.165) is 17.9 Å². The Hall–Kier alpha value is -2.15. The fourth-order valence-electron chi connectivity index (χ4n) is 5.12. The van der Waals surface area contributed by atoms with Crippen molar-refractivity contribution in [1.29, 1.82) is 0 Å². The predicted molar refractivity (Wildman–Crippen MR) is 96.6 cm³/mol. The molecule has 3 aliphatic carbocycles. The first-order chi connectivity index (χ1) is 12.5. The van der Waals surface area contributed by atoms with Gasteiger partial charge in [0.05, 0.1) is 29.6 Å². The third-order valence-electron chi connectivity index (χ3n) is 6.42.